The van der Waals surface area contributed by atoms with Crippen molar-refractivity contribution in [2.45, 2.75) is 32.7 Å². The Hall–Kier alpha value is -1.09. The Balaban J connectivity index is 2.17. The molecule has 1 aromatic heterocycles. The van der Waals surface area contributed by atoms with Crippen LogP contribution >= 0.6 is 15.9 Å². The molecule has 0 atom stereocenters. The second kappa shape index (κ2) is 4.65. The number of hydrogen-bond donors (Lipinski definition) is 0. The van der Waals surface area contributed by atoms with Gasteiger partial charge in [0.2, 0.25) is 0 Å². The summed E-state index contributed by atoms with van der Waals surface area (Å²) in [7, 11) is 0. The summed E-state index contributed by atoms with van der Waals surface area (Å²) in [5.74, 6) is 0. The van der Waals surface area contributed by atoms with Gasteiger partial charge in [-0.25, -0.2) is 0 Å². The van der Waals surface area contributed by atoms with E-state index < -0.39 is 0 Å². The Bertz CT molecular complexity index is 492. The van der Waals surface area contributed by atoms with E-state index in [0.717, 1.165) is 11.1 Å². The molecule has 0 bridgehead atoms. The van der Waals surface area contributed by atoms with E-state index in [9.17, 15) is 0 Å². The van der Waals surface area contributed by atoms with Gasteiger partial charge in [-0.2, -0.15) is 5.10 Å². The Labute approximate surface area is 111 Å². The lowest BCUT2D eigenvalue weighted by atomic mass is 9.87. The maximum atomic E-state index is 4.25. The molecule has 0 amide bonds. The second-order valence-electron chi connectivity index (χ2n) is 5.26. The van der Waals surface area contributed by atoms with E-state index in [0.29, 0.717) is 0 Å². The molecule has 1 aromatic carbocycles. The Kier molecular flexibility index (Phi) is 3.38. The highest BCUT2D eigenvalue weighted by Crippen LogP contribution is 2.22. The van der Waals surface area contributed by atoms with E-state index >= 15 is 0 Å². The number of hydrogen-bond acceptors (Lipinski definition) is 1. The van der Waals surface area contributed by atoms with E-state index in [1.807, 2.05) is 10.7 Å². The van der Waals surface area contributed by atoms with Crippen molar-refractivity contribution in [2.75, 3.05) is 0 Å². The predicted octanol–water partition coefficient (Wildman–Crippen LogP) is 3.99. The van der Waals surface area contributed by atoms with E-state index in [-0.39, 0.29) is 5.41 Å². The van der Waals surface area contributed by atoms with Crippen LogP contribution in [0, 0.1) is 0 Å². The molecule has 0 aliphatic carbocycles. The number of benzene rings is 1. The van der Waals surface area contributed by atoms with Crippen LogP contribution in [0.5, 0.6) is 0 Å². The maximum Gasteiger partial charge on any atom is 0.104 e. The van der Waals surface area contributed by atoms with Crippen LogP contribution in [0.4, 0.5) is 0 Å². The van der Waals surface area contributed by atoms with Crippen LogP contribution in [0.1, 0.15) is 31.9 Å². The van der Waals surface area contributed by atoms with E-state index in [2.05, 4.69) is 66.1 Å². The van der Waals surface area contributed by atoms with E-state index in [4.69, 9.17) is 0 Å². The van der Waals surface area contributed by atoms with Gasteiger partial charge in [0.1, 0.15) is 4.60 Å². The van der Waals surface area contributed by atoms with Gasteiger partial charge in [0.05, 0.1) is 12.7 Å². The third-order valence-electron chi connectivity index (χ3n) is 2.82. The summed E-state index contributed by atoms with van der Waals surface area (Å²) < 4.78 is 2.95. The first-order valence-electron chi connectivity index (χ1n) is 5.73. The minimum absolute atomic E-state index is 0.213. The molecule has 90 valence electrons. The minimum atomic E-state index is 0.213. The molecular formula is C14H17BrN2. The number of aromatic nitrogens is 2. The highest BCUT2D eigenvalue weighted by molar-refractivity contribution is 9.10. The predicted molar refractivity (Wildman–Crippen MR) is 74.2 cm³/mol. The van der Waals surface area contributed by atoms with Crippen molar-refractivity contribution in [3.8, 4) is 0 Å². The normalized spacial score (nSPS) is 11.8. The zero-order chi connectivity index (χ0) is 12.5. The fourth-order valence-corrected chi connectivity index (χ4v) is 2.05. The second-order valence-corrected chi connectivity index (χ2v) is 6.07. The summed E-state index contributed by atoms with van der Waals surface area (Å²) in [4.78, 5) is 0. The quantitative estimate of drug-likeness (QED) is 0.818. The average molecular weight is 293 g/mol. The first-order valence-corrected chi connectivity index (χ1v) is 6.53. The average Bonchev–Trinajstić information content (AvgIpc) is 2.64. The Morgan fingerprint density at radius 2 is 1.76 bits per heavy atom. The molecule has 1 heterocycles. The summed E-state index contributed by atoms with van der Waals surface area (Å²) in [5, 5.41) is 4.25. The number of nitrogens with zero attached hydrogens (tertiary/aromatic N) is 2. The molecule has 0 saturated carbocycles. The molecule has 0 aliphatic rings. The summed E-state index contributed by atoms with van der Waals surface area (Å²) >= 11 is 3.47. The summed E-state index contributed by atoms with van der Waals surface area (Å²) in [6.07, 6.45) is 1.80. The molecule has 0 spiro atoms. The lowest BCUT2D eigenvalue weighted by molar-refractivity contribution is 0.589. The first-order chi connectivity index (χ1) is 7.97. The number of halogens is 1. The molecule has 17 heavy (non-hydrogen) atoms. The number of rotatable bonds is 2. The Morgan fingerprint density at radius 3 is 2.24 bits per heavy atom. The van der Waals surface area contributed by atoms with Crippen molar-refractivity contribution in [1.82, 2.24) is 9.78 Å². The van der Waals surface area contributed by atoms with Crippen molar-refractivity contribution >= 4 is 15.9 Å². The largest absolute Gasteiger partial charge is 0.254 e. The molecule has 0 unspecified atom stereocenters. The van der Waals surface area contributed by atoms with Crippen LogP contribution in [0.25, 0.3) is 0 Å². The minimum Gasteiger partial charge on any atom is -0.254 e. The van der Waals surface area contributed by atoms with Crippen molar-refractivity contribution in [3.05, 3.63) is 52.3 Å². The van der Waals surface area contributed by atoms with Gasteiger partial charge >= 0.3 is 0 Å². The monoisotopic (exact) mass is 292 g/mol. The highest BCUT2D eigenvalue weighted by atomic mass is 79.9. The summed E-state index contributed by atoms with van der Waals surface area (Å²) in [6.45, 7) is 7.49. The van der Waals surface area contributed by atoms with Crippen LogP contribution in [-0.2, 0) is 12.0 Å². The first kappa shape index (κ1) is 12.4. The lowest BCUT2D eigenvalue weighted by Crippen LogP contribution is -2.11. The molecule has 0 saturated heterocycles. The van der Waals surface area contributed by atoms with Crippen LogP contribution in [-0.4, -0.2) is 9.78 Å². The van der Waals surface area contributed by atoms with Crippen LogP contribution < -0.4 is 0 Å². The van der Waals surface area contributed by atoms with Gasteiger partial charge in [-0.3, -0.25) is 4.68 Å². The molecule has 0 radical (unpaired) electrons. The standard InChI is InChI=1S/C14H17BrN2/c1-14(2,3)12-6-4-11(5-7-12)10-17-13(15)8-9-16-17/h4-9H,10H2,1-3H3. The highest BCUT2D eigenvalue weighted by Gasteiger charge is 2.12. The molecule has 0 aliphatic heterocycles. The van der Waals surface area contributed by atoms with Gasteiger partial charge in [-0.05, 0) is 38.5 Å². The third-order valence-corrected chi connectivity index (χ3v) is 3.49. The summed E-state index contributed by atoms with van der Waals surface area (Å²) in [5.41, 5.74) is 2.84. The fourth-order valence-electron chi connectivity index (χ4n) is 1.72. The zero-order valence-electron chi connectivity index (χ0n) is 10.4. The molecule has 3 heteroatoms. The van der Waals surface area contributed by atoms with Crippen LogP contribution in [0.3, 0.4) is 0 Å². The maximum absolute atomic E-state index is 4.25. The fraction of sp³-hybridized carbons (Fsp3) is 0.357. The van der Waals surface area contributed by atoms with Gasteiger partial charge in [-0.15, -0.1) is 0 Å². The van der Waals surface area contributed by atoms with Crippen molar-refractivity contribution in [1.29, 1.82) is 0 Å². The van der Waals surface area contributed by atoms with Crippen molar-refractivity contribution in [3.63, 3.8) is 0 Å². The van der Waals surface area contributed by atoms with Crippen LogP contribution in [0.2, 0.25) is 0 Å². The van der Waals surface area contributed by atoms with E-state index in [1.165, 1.54) is 11.1 Å². The van der Waals surface area contributed by atoms with Gasteiger partial charge in [-0.1, -0.05) is 45.0 Å². The summed E-state index contributed by atoms with van der Waals surface area (Å²) in [6, 6.07) is 10.7. The van der Waals surface area contributed by atoms with Gasteiger partial charge in [0.25, 0.3) is 0 Å². The smallest absolute Gasteiger partial charge is 0.104 e. The van der Waals surface area contributed by atoms with Gasteiger partial charge in [0.15, 0.2) is 0 Å². The van der Waals surface area contributed by atoms with Gasteiger partial charge < -0.3 is 0 Å². The van der Waals surface area contributed by atoms with Crippen molar-refractivity contribution < 1.29 is 0 Å². The van der Waals surface area contributed by atoms with Crippen LogP contribution in [0.15, 0.2) is 41.1 Å². The molecule has 2 rings (SSSR count). The van der Waals surface area contributed by atoms with Crippen molar-refractivity contribution in [2.24, 2.45) is 0 Å². The molecule has 2 nitrogen and oxygen atoms in total. The lowest BCUT2D eigenvalue weighted by Gasteiger charge is -2.19. The Morgan fingerprint density at radius 1 is 1.12 bits per heavy atom. The zero-order valence-corrected chi connectivity index (χ0v) is 12.0. The SMILES string of the molecule is CC(C)(C)c1ccc(Cn2nccc2Br)cc1. The van der Waals surface area contributed by atoms with Gasteiger partial charge in [0, 0.05) is 0 Å². The molecule has 0 N–H and O–H groups in total. The molecular weight excluding hydrogens is 276 g/mol. The molecule has 2 aromatic rings. The topological polar surface area (TPSA) is 17.8 Å². The van der Waals surface area contributed by atoms with E-state index in [1.54, 1.807) is 6.20 Å². The third kappa shape index (κ3) is 2.97. The molecule has 0 fully saturated rings.